The number of hydrogen-bond acceptors (Lipinski definition) is 3. The summed E-state index contributed by atoms with van der Waals surface area (Å²) in [6.45, 7) is -3.68. The summed E-state index contributed by atoms with van der Waals surface area (Å²) in [4.78, 5) is 14.7. The molecule has 1 aliphatic carbocycles. The van der Waals surface area contributed by atoms with Gasteiger partial charge >= 0.3 is 6.03 Å². The van der Waals surface area contributed by atoms with Gasteiger partial charge in [-0.1, -0.05) is 29.3 Å². The van der Waals surface area contributed by atoms with Crippen molar-refractivity contribution in [2.75, 3.05) is 44.6 Å². The molecule has 3 rings (SSSR count). The third-order valence-corrected chi connectivity index (χ3v) is 4.79. The molecule has 27 heavy (non-hydrogen) atoms. The number of hydrogen-bond donors (Lipinski definition) is 2. The van der Waals surface area contributed by atoms with Gasteiger partial charge in [-0.25, -0.2) is 4.79 Å². The molecule has 2 aliphatic rings. The van der Waals surface area contributed by atoms with Crippen LogP contribution in [-0.2, 0) is 0 Å². The molecule has 0 bridgehead atoms. The van der Waals surface area contributed by atoms with Gasteiger partial charge in [0.25, 0.3) is 0 Å². The van der Waals surface area contributed by atoms with Crippen molar-refractivity contribution >= 4 is 34.9 Å². The number of carbonyl (C=O) groups is 1. The molecule has 1 saturated heterocycles. The number of anilines is 1. The monoisotopic (exact) mass is 426 g/mol. The quantitative estimate of drug-likeness (QED) is 0.747. The maximum Gasteiger partial charge on any atom is 0.314 e. The Bertz CT molecular complexity index is 1160. The predicted molar refractivity (Wildman–Crippen MR) is 113 cm³/mol. The molecule has 2 fully saturated rings. The van der Waals surface area contributed by atoms with Gasteiger partial charge in [0.05, 0.1) is 17.1 Å². The van der Waals surface area contributed by atoms with E-state index in [1.807, 2.05) is 5.32 Å². The van der Waals surface area contributed by atoms with Crippen LogP contribution in [0.4, 0.5) is 10.5 Å². The summed E-state index contributed by atoms with van der Waals surface area (Å²) in [6.07, 6.45) is -20.1. The topological polar surface area (TPSA) is 47.6 Å². The second-order valence-corrected chi connectivity index (χ2v) is 6.52. The van der Waals surface area contributed by atoms with Crippen LogP contribution in [0.1, 0.15) is 51.1 Å². The SMILES string of the molecule is [2H]C([2H])(N1CCN(c2cccc(Cl)c2Cl)CC1)C([2H])([2H])C1([2H])C([2H])([2H])C([2H])([2H])C([2H])(NC(=O)NC)C([2H])([2H])C1([2H])[2H]. The summed E-state index contributed by atoms with van der Waals surface area (Å²) >= 11 is 12.4. The Labute approximate surface area is 192 Å². The van der Waals surface area contributed by atoms with Crippen molar-refractivity contribution in [2.45, 2.75) is 37.9 Å². The number of piperazine rings is 1. The van der Waals surface area contributed by atoms with Crippen LogP contribution in [0.5, 0.6) is 0 Å². The van der Waals surface area contributed by atoms with Gasteiger partial charge in [0.2, 0.25) is 0 Å². The maximum absolute atomic E-state index is 12.0. The highest BCUT2D eigenvalue weighted by molar-refractivity contribution is 6.43. The van der Waals surface area contributed by atoms with E-state index in [0.717, 1.165) is 11.9 Å². The summed E-state index contributed by atoms with van der Waals surface area (Å²) in [5.74, 6) is -4.15. The summed E-state index contributed by atoms with van der Waals surface area (Å²) in [7, 11) is 1.04. The number of benzene rings is 1. The second kappa shape index (κ2) is 9.85. The Morgan fingerprint density at radius 2 is 1.96 bits per heavy atom. The first-order chi connectivity index (χ1) is 18.3. The summed E-state index contributed by atoms with van der Waals surface area (Å²) in [5.41, 5.74) is 0.524. The number of amides is 2. The van der Waals surface area contributed by atoms with Crippen molar-refractivity contribution in [3.05, 3.63) is 28.2 Å². The lowest BCUT2D eigenvalue weighted by molar-refractivity contribution is 0.206. The van der Waals surface area contributed by atoms with E-state index in [4.69, 9.17) is 42.4 Å². The molecule has 2 amide bonds. The van der Waals surface area contributed by atoms with E-state index in [9.17, 15) is 4.79 Å². The Hall–Kier alpha value is -1.17. The van der Waals surface area contributed by atoms with Crippen LogP contribution < -0.4 is 15.5 Å². The second-order valence-electron chi connectivity index (χ2n) is 5.74. The highest BCUT2D eigenvalue weighted by Gasteiger charge is 2.24. The maximum atomic E-state index is 12.0. The van der Waals surface area contributed by atoms with Gasteiger partial charge in [-0.2, -0.15) is 0 Å². The standard InChI is InChI=1S/C20H30Cl2N4O/c1-23-20(27)24-16-7-5-15(6-8-16)9-10-25-11-13-26(14-12-25)18-4-2-3-17(21)19(18)22/h2-4,15-16H,5-14H2,1H3,(H2,23,24,27)/i5D2,6D2,7D2,8D2,9D2,10D2,15D,16D. The average molecular weight is 427 g/mol. The van der Waals surface area contributed by atoms with Gasteiger partial charge in [-0.15, -0.1) is 0 Å². The molecule has 0 unspecified atom stereocenters. The van der Waals surface area contributed by atoms with E-state index in [0.29, 0.717) is 5.69 Å². The van der Waals surface area contributed by atoms with Crippen molar-refractivity contribution in [1.82, 2.24) is 15.5 Å². The van der Waals surface area contributed by atoms with Gasteiger partial charge in [-0.05, 0) is 56.4 Å². The fraction of sp³-hybridized carbons (Fsp3) is 0.650. The molecule has 1 aliphatic heterocycles. The molecular weight excluding hydrogens is 383 g/mol. The minimum atomic E-state index is -4.15. The van der Waals surface area contributed by atoms with Gasteiger partial charge in [0.15, 0.2) is 0 Å². The fourth-order valence-corrected chi connectivity index (χ4v) is 2.96. The zero-order valence-corrected chi connectivity index (χ0v) is 16.1. The fourth-order valence-electron chi connectivity index (χ4n) is 2.54. The van der Waals surface area contributed by atoms with E-state index in [-0.39, 0.29) is 36.2 Å². The molecule has 1 aromatic rings. The van der Waals surface area contributed by atoms with Gasteiger partial charge in [0, 0.05) is 57.1 Å². The van der Waals surface area contributed by atoms with E-state index in [1.54, 1.807) is 28.4 Å². The van der Waals surface area contributed by atoms with Crippen molar-refractivity contribution in [3.63, 3.8) is 0 Å². The van der Waals surface area contributed by atoms with Crippen LogP contribution in [0.25, 0.3) is 0 Å². The van der Waals surface area contributed by atoms with Crippen LogP contribution in [0.2, 0.25) is 10.0 Å². The predicted octanol–water partition coefficient (Wildman–Crippen LogP) is 3.99. The zero-order chi connectivity index (χ0) is 31.8. The van der Waals surface area contributed by atoms with Crippen molar-refractivity contribution in [1.29, 1.82) is 0 Å². The van der Waals surface area contributed by atoms with E-state index in [2.05, 4.69) is 0 Å². The minimum Gasteiger partial charge on any atom is -0.368 e. The van der Waals surface area contributed by atoms with Crippen LogP contribution in [0.3, 0.4) is 0 Å². The Morgan fingerprint density at radius 1 is 1.26 bits per heavy atom. The number of nitrogens with one attached hydrogen (secondary N) is 2. The molecule has 150 valence electrons. The lowest BCUT2D eigenvalue weighted by Crippen LogP contribution is -2.47. The van der Waals surface area contributed by atoms with Crippen LogP contribution in [-0.4, -0.2) is 56.7 Å². The largest absolute Gasteiger partial charge is 0.368 e. The summed E-state index contributed by atoms with van der Waals surface area (Å²) < 4.78 is 120. The van der Waals surface area contributed by atoms with E-state index < -0.39 is 56.3 Å². The zero-order valence-electron chi connectivity index (χ0n) is 28.6. The van der Waals surface area contributed by atoms with Crippen molar-refractivity contribution in [2.24, 2.45) is 5.89 Å². The molecule has 1 aromatic carbocycles. The molecule has 1 heterocycles. The lowest BCUT2D eigenvalue weighted by atomic mass is 9.84. The van der Waals surface area contributed by atoms with Crippen LogP contribution in [0, 0.1) is 5.89 Å². The number of nitrogens with zero attached hydrogens (tertiary/aromatic N) is 2. The third-order valence-electron chi connectivity index (χ3n) is 3.98. The molecule has 2 N–H and O–H groups in total. The first-order valence-corrected chi connectivity index (χ1v) is 9.04. The summed E-state index contributed by atoms with van der Waals surface area (Å²) in [6, 6.07) is -0.177. The van der Waals surface area contributed by atoms with Gasteiger partial charge < -0.3 is 15.5 Å². The number of rotatable bonds is 5. The smallest absolute Gasteiger partial charge is 0.314 e. The Morgan fingerprint density at radius 3 is 2.63 bits per heavy atom. The van der Waals surface area contributed by atoms with Gasteiger partial charge in [-0.3, -0.25) is 4.90 Å². The van der Waals surface area contributed by atoms with Crippen LogP contribution in [0.15, 0.2) is 18.2 Å². The molecule has 0 atom stereocenters. The highest BCUT2D eigenvalue weighted by atomic mass is 35.5. The van der Waals surface area contributed by atoms with Gasteiger partial charge in [0.1, 0.15) is 0 Å². The first kappa shape index (κ1) is 9.10. The van der Waals surface area contributed by atoms with Crippen molar-refractivity contribution < 1.29 is 24.0 Å². The molecule has 1 saturated carbocycles. The average Bonchev–Trinajstić information content (AvgIpc) is 2.88. The molecular formula is C20H30Cl2N4O. The van der Waals surface area contributed by atoms with Crippen LogP contribution >= 0.6 is 23.2 Å². The lowest BCUT2D eigenvalue weighted by Gasteiger charge is -2.37. The first-order valence-electron chi connectivity index (χ1n) is 15.3. The third kappa shape index (κ3) is 5.66. The van der Waals surface area contributed by atoms with E-state index >= 15 is 0 Å². The Kier molecular flexibility index (Phi) is 3.32. The number of carbonyl (C=O) groups excluding carboxylic acids is 1. The number of urea groups is 1. The van der Waals surface area contributed by atoms with Crippen molar-refractivity contribution in [3.8, 4) is 0 Å². The highest BCUT2D eigenvalue weighted by Crippen LogP contribution is 2.33. The number of halogens is 2. The minimum absolute atomic E-state index is 0.0635. The van der Waals surface area contributed by atoms with E-state index in [1.165, 1.54) is 0 Å². The molecule has 0 spiro atoms. The normalized spacial score (nSPS) is 45.5. The molecule has 7 heteroatoms. The summed E-state index contributed by atoms with van der Waals surface area (Å²) in [5, 5.41) is 4.07. The Balaban J connectivity index is 2.09. The molecule has 0 radical (unpaired) electrons. The molecule has 5 nitrogen and oxygen atoms in total. The molecule has 0 aromatic heterocycles.